The molecule has 0 radical (unpaired) electrons. The lowest BCUT2D eigenvalue weighted by molar-refractivity contribution is 0.811. The van der Waals surface area contributed by atoms with Crippen LogP contribution in [0.1, 0.15) is 49.9 Å². The molecule has 0 amide bonds. The summed E-state index contributed by atoms with van der Waals surface area (Å²) in [5.41, 5.74) is 0.827. The zero-order valence-corrected chi connectivity index (χ0v) is 11.1. The first-order chi connectivity index (χ1) is 8.08. The van der Waals surface area contributed by atoms with E-state index in [2.05, 4.69) is 15.1 Å². The average molecular weight is 271 g/mol. The molecule has 0 aliphatic heterocycles. The minimum Gasteiger partial charge on any atom is -0.199 e. The van der Waals surface area contributed by atoms with Crippen LogP contribution in [0, 0.1) is 0 Å². The zero-order valence-electron chi connectivity index (χ0n) is 9.61. The number of nitrogens with zero attached hydrogens (tertiary/aromatic N) is 4. The van der Waals surface area contributed by atoms with Crippen molar-refractivity contribution in [2.24, 2.45) is 0 Å². The number of rotatable bonds is 2. The summed E-state index contributed by atoms with van der Waals surface area (Å²) >= 11 is 12.4. The van der Waals surface area contributed by atoms with Crippen molar-refractivity contribution < 1.29 is 0 Å². The molecule has 0 saturated heterocycles. The highest BCUT2D eigenvalue weighted by Gasteiger charge is 2.29. The molecule has 2 aromatic heterocycles. The van der Waals surface area contributed by atoms with Crippen molar-refractivity contribution >= 4 is 29.0 Å². The van der Waals surface area contributed by atoms with Gasteiger partial charge in [0, 0.05) is 11.5 Å². The van der Waals surface area contributed by atoms with Gasteiger partial charge in [0.2, 0.25) is 0 Å². The molecule has 0 spiro atoms. The van der Waals surface area contributed by atoms with Crippen molar-refractivity contribution in [3.05, 3.63) is 21.7 Å². The Balaban J connectivity index is 2.24. The summed E-state index contributed by atoms with van der Waals surface area (Å²) < 4.78 is 1.59. The number of aromatic nitrogens is 4. The van der Waals surface area contributed by atoms with Gasteiger partial charge >= 0.3 is 0 Å². The standard InChI is InChI=1S/C11H12Cl2N4/c1-5(2)7-8(12)14-11-15-10(6-3-4-6)16-17(11)9(7)13/h5-6H,3-4H2,1-2H3. The summed E-state index contributed by atoms with van der Waals surface area (Å²) in [4.78, 5) is 8.63. The highest BCUT2D eigenvalue weighted by molar-refractivity contribution is 6.35. The lowest BCUT2D eigenvalue weighted by atomic mass is 10.1. The van der Waals surface area contributed by atoms with Gasteiger partial charge in [-0.05, 0) is 18.8 Å². The molecule has 2 aromatic rings. The fraction of sp³-hybridized carbons (Fsp3) is 0.545. The van der Waals surface area contributed by atoms with E-state index >= 15 is 0 Å². The third-order valence-corrected chi connectivity index (χ3v) is 3.61. The van der Waals surface area contributed by atoms with Crippen LogP contribution in [0.15, 0.2) is 0 Å². The maximum atomic E-state index is 6.32. The van der Waals surface area contributed by atoms with Gasteiger partial charge in [-0.15, -0.1) is 5.10 Å². The van der Waals surface area contributed by atoms with E-state index in [0.717, 1.165) is 24.2 Å². The lowest BCUT2D eigenvalue weighted by Crippen LogP contribution is -2.02. The molecule has 90 valence electrons. The lowest BCUT2D eigenvalue weighted by Gasteiger charge is -2.09. The van der Waals surface area contributed by atoms with Crippen molar-refractivity contribution in [1.82, 2.24) is 19.6 Å². The molecule has 17 heavy (non-hydrogen) atoms. The Kier molecular flexibility index (Phi) is 2.52. The topological polar surface area (TPSA) is 43.1 Å². The Morgan fingerprint density at radius 1 is 1.24 bits per heavy atom. The molecule has 1 aliphatic rings. The van der Waals surface area contributed by atoms with Gasteiger partial charge in [0.1, 0.15) is 10.3 Å². The molecule has 1 saturated carbocycles. The zero-order chi connectivity index (χ0) is 12.2. The van der Waals surface area contributed by atoms with Gasteiger partial charge in [-0.1, -0.05) is 37.0 Å². The quantitative estimate of drug-likeness (QED) is 0.786. The Hall–Kier alpha value is -0.870. The van der Waals surface area contributed by atoms with Crippen LogP contribution in [-0.4, -0.2) is 19.6 Å². The highest BCUT2D eigenvalue weighted by atomic mass is 35.5. The first-order valence-corrected chi connectivity index (χ1v) is 6.45. The molecule has 6 heteroatoms. The fourth-order valence-electron chi connectivity index (χ4n) is 1.86. The van der Waals surface area contributed by atoms with Crippen molar-refractivity contribution in [2.75, 3.05) is 0 Å². The summed E-state index contributed by atoms with van der Waals surface area (Å²) in [7, 11) is 0. The third kappa shape index (κ3) is 1.79. The Bertz CT molecular complexity index is 587. The van der Waals surface area contributed by atoms with Crippen LogP contribution in [-0.2, 0) is 0 Å². The summed E-state index contributed by atoms with van der Waals surface area (Å²) in [5.74, 6) is 2.01. The molecule has 0 aromatic carbocycles. The van der Waals surface area contributed by atoms with Crippen LogP contribution >= 0.6 is 23.2 Å². The van der Waals surface area contributed by atoms with Gasteiger partial charge in [-0.2, -0.15) is 14.5 Å². The van der Waals surface area contributed by atoms with Crippen LogP contribution < -0.4 is 0 Å². The van der Waals surface area contributed by atoms with Gasteiger partial charge < -0.3 is 0 Å². The van der Waals surface area contributed by atoms with Crippen molar-refractivity contribution in [2.45, 2.75) is 38.5 Å². The van der Waals surface area contributed by atoms with E-state index in [4.69, 9.17) is 23.2 Å². The molecular formula is C11H12Cl2N4. The largest absolute Gasteiger partial charge is 0.255 e. The summed E-state index contributed by atoms with van der Waals surface area (Å²) in [5, 5.41) is 5.36. The maximum absolute atomic E-state index is 6.32. The smallest absolute Gasteiger partial charge is 0.199 e. The van der Waals surface area contributed by atoms with E-state index in [1.165, 1.54) is 0 Å². The van der Waals surface area contributed by atoms with Crippen LogP contribution in [0.25, 0.3) is 5.78 Å². The van der Waals surface area contributed by atoms with Crippen molar-refractivity contribution in [1.29, 1.82) is 0 Å². The first-order valence-electron chi connectivity index (χ1n) is 5.69. The fourth-order valence-corrected chi connectivity index (χ4v) is 2.71. The predicted molar refractivity (Wildman–Crippen MR) is 66.9 cm³/mol. The molecule has 0 bridgehead atoms. The average Bonchev–Trinajstić information content (AvgIpc) is 2.99. The minimum absolute atomic E-state index is 0.209. The number of fused-ring (bicyclic) bond motifs is 1. The normalized spacial score (nSPS) is 16.1. The second-order valence-electron chi connectivity index (χ2n) is 4.72. The van der Waals surface area contributed by atoms with Gasteiger partial charge in [0.25, 0.3) is 5.78 Å². The number of halogens is 2. The van der Waals surface area contributed by atoms with Gasteiger partial charge in [0.05, 0.1) is 0 Å². The molecule has 1 fully saturated rings. The summed E-state index contributed by atoms with van der Waals surface area (Å²) in [6.07, 6.45) is 2.30. The molecule has 1 aliphatic carbocycles. The summed E-state index contributed by atoms with van der Waals surface area (Å²) in [6, 6.07) is 0. The summed E-state index contributed by atoms with van der Waals surface area (Å²) in [6.45, 7) is 4.05. The second kappa shape index (κ2) is 3.82. The van der Waals surface area contributed by atoms with E-state index in [1.807, 2.05) is 13.8 Å². The molecule has 2 heterocycles. The first kappa shape index (κ1) is 11.2. The molecule has 0 atom stereocenters. The highest BCUT2D eigenvalue weighted by Crippen LogP contribution is 2.39. The van der Waals surface area contributed by atoms with Crippen molar-refractivity contribution in [3.8, 4) is 0 Å². The maximum Gasteiger partial charge on any atom is 0.255 e. The van der Waals surface area contributed by atoms with Crippen LogP contribution in [0.2, 0.25) is 10.3 Å². The Morgan fingerprint density at radius 2 is 1.94 bits per heavy atom. The van der Waals surface area contributed by atoms with Crippen molar-refractivity contribution in [3.63, 3.8) is 0 Å². The van der Waals surface area contributed by atoms with E-state index < -0.39 is 0 Å². The van der Waals surface area contributed by atoms with E-state index in [0.29, 0.717) is 22.0 Å². The molecule has 0 N–H and O–H groups in total. The molecule has 4 nitrogen and oxygen atoms in total. The third-order valence-electron chi connectivity index (χ3n) is 2.95. The molecular weight excluding hydrogens is 259 g/mol. The van der Waals surface area contributed by atoms with Crippen LogP contribution in [0.4, 0.5) is 0 Å². The molecule has 0 unspecified atom stereocenters. The molecule has 3 rings (SSSR count). The van der Waals surface area contributed by atoms with Gasteiger partial charge in [0.15, 0.2) is 5.82 Å². The SMILES string of the molecule is CC(C)c1c(Cl)nc2nc(C3CC3)nn2c1Cl. The van der Waals surface area contributed by atoms with Crippen LogP contribution in [0.3, 0.4) is 0 Å². The monoisotopic (exact) mass is 270 g/mol. The van der Waals surface area contributed by atoms with Gasteiger partial charge in [-0.3, -0.25) is 0 Å². The minimum atomic E-state index is 0.209. The van der Waals surface area contributed by atoms with E-state index in [-0.39, 0.29) is 5.92 Å². The van der Waals surface area contributed by atoms with E-state index in [9.17, 15) is 0 Å². The van der Waals surface area contributed by atoms with Crippen LogP contribution in [0.5, 0.6) is 0 Å². The number of hydrogen-bond acceptors (Lipinski definition) is 3. The Labute approximate surface area is 109 Å². The Morgan fingerprint density at radius 3 is 2.53 bits per heavy atom. The number of hydrogen-bond donors (Lipinski definition) is 0. The van der Waals surface area contributed by atoms with E-state index in [1.54, 1.807) is 4.52 Å². The van der Waals surface area contributed by atoms with Gasteiger partial charge in [-0.25, -0.2) is 0 Å². The predicted octanol–water partition coefficient (Wildman–Crippen LogP) is 3.43. The second-order valence-corrected chi connectivity index (χ2v) is 5.43.